The van der Waals surface area contributed by atoms with E-state index in [4.69, 9.17) is 17.3 Å². The van der Waals surface area contributed by atoms with E-state index in [1.807, 2.05) is 26.2 Å². The summed E-state index contributed by atoms with van der Waals surface area (Å²) in [6.07, 6.45) is 0.983. The van der Waals surface area contributed by atoms with E-state index in [0.717, 1.165) is 22.6 Å². The van der Waals surface area contributed by atoms with E-state index in [9.17, 15) is 0 Å². The first-order valence-corrected chi connectivity index (χ1v) is 7.68. The number of anilines is 1. The minimum Gasteiger partial charge on any atom is -0.377 e. The number of benzene rings is 2. The van der Waals surface area contributed by atoms with Gasteiger partial charge >= 0.3 is 0 Å². The van der Waals surface area contributed by atoms with Crippen LogP contribution in [0, 0.1) is 0 Å². The van der Waals surface area contributed by atoms with Crippen molar-refractivity contribution < 1.29 is 0 Å². The number of rotatable bonds is 5. The molecule has 0 saturated carbocycles. The Morgan fingerprint density at radius 3 is 2.48 bits per heavy atom. The van der Waals surface area contributed by atoms with E-state index in [0.29, 0.717) is 12.5 Å². The van der Waals surface area contributed by atoms with Gasteiger partial charge in [0.2, 0.25) is 0 Å². The van der Waals surface area contributed by atoms with Crippen molar-refractivity contribution in [2.45, 2.75) is 19.3 Å². The van der Waals surface area contributed by atoms with Gasteiger partial charge in [-0.3, -0.25) is 0 Å². The summed E-state index contributed by atoms with van der Waals surface area (Å²) in [4.78, 5) is 2.11. The standard InChI is InChI=1S/C18H23ClN2/c1-13(10-11-20)14-8-9-17(19)16(12-14)15-6-4-5-7-18(15)21(2)3/h4-9,12-13H,10-11,20H2,1-3H3. The van der Waals surface area contributed by atoms with Crippen LogP contribution in [0.4, 0.5) is 5.69 Å². The summed E-state index contributed by atoms with van der Waals surface area (Å²) < 4.78 is 0. The highest BCUT2D eigenvalue weighted by molar-refractivity contribution is 6.33. The van der Waals surface area contributed by atoms with Crippen LogP contribution in [-0.2, 0) is 0 Å². The molecule has 0 fully saturated rings. The fraction of sp³-hybridized carbons (Fsp3) is 0.333. The molecule has 0 bridgehead atoms. The average Bonchev–Trinajstić information content (AvgIpc) is 2.48. The lowest BCUT2D eigenvalue weighted by atomic mass is 9.93. The normalized spacial score (nSPS) is 12.2. The van der Waals surface area contributed by atoms with Gasteiger partial charge in [0.05, 0.1) is 0 Å². The first-order chi connectivity index (χ1) is 10.0. The Morgan fingerprint density at radius 2 is 1.81 bits per heavy atom. The van der Waals surface area contributed by atoms with Gasteiger partial charge in [0, 0.05) is 35.9 Å². The Hall–Kier alpha value is -1.51. The van der Waals surface area contributed by atoms with Crippen molar-refractivity contribution in [1.82, 2.24) is 0 Å². The van der Waals surface area contributed by atoms with E-state index >= 15 is 0 Å². The van der Waals surface area contributed by atoms with Crippen molar-refractivity contribution in [3.05, 3.63) is 53.1 Å². The second-order valence-corrected chi connectivity index (χ2v) is 6.04. The fourth-order valence-electron chi connectivity index (χ4n) is 2.56. The Labute approximate surface area is 132 Å². The predicted molar refractivity (Wildman–Crippen MR) is 93.3 cm³/mol. The molecule has 0 aliphatic heterocycles. The van der Waals surface area contributed by atoms with E-state index in [1.54, 1.807) is 0 Å². The Kier molecular flexibility index (Phi) is 5.27. The highest BCUT2D eigenvalue weighted by Gasteiger charge is 2.13. The lowest BCUT2D eigenvalue weighted by molar-refractivity contribution is 0.690. The highest BCUT2D eigenvalue weighted by atomic mass is 35.5. The monoisotopic (exact) mass is 302 g/mol. The molecule has 0 radical (unpaired) electrons. The van der Waals surface area contributed by atoms with E-state index in [-0.39, 0.29) is 0 Å². The highest BCUT2D eigenvalue weighted by Crippen LogP contribution is 2.36. The molecule has 21 heavy (non-hydrogen) atoms. The second-order valence-electron chi connectivity index (χ2n) is 5.63. The molecule has 0 amide bonds. The molecule has 2 rings (SSSR count). The molecule has 1 atom stereocenters. The quantitative estimate of drug-likeness (QED) is 0.879. The number of nitrogens with zero attached hydrogens (tertiary/aromatic N) is 1. The molecule has 2 N–H and O–H groups in total. The molecular weight excluding hydrogens is 280 g/mol. The zero-order valence-electron chi connectivity index (χ0n) is 12.9. The third-order valence-electron chi connectivity index (χ3n) is 3.84. The van der Waals surface area contributed by atoms with E-state index < -0.39 is 0 Å². The molecule has 2 aromatic carbocycles. The largest absolute Gasteiger partial charge is 0.377 e. The molecular formula is C18H23ClN2. The van der Waals surface area contributed by atoms with Crippen LogP contribution in [0.2, 0.25) is 5.02 Å². The Morgan fingerprint density at radius 1 is 1.10 bits per heavy atom. The molecule has 1 unspecified atom stereocenters. The minimum absolute atomic E-state index is 0.442. The van der Waals surface area contributed by atoms with Gasteiger partial charge in [0.25, 0.3) is 0 Å². The smallest absolute Gasteiger partial charge is 0.0485 e. The molecule has 3 heteroatoms. The lowest BCUT2D eigenvalue weighted by Crippen LogP contribution is -2.10. The van der Waals surface area contributed by atoms with Crippen LogP contribution in [-0.4, -0.2) is 20.6 Å². The van der Waals surface area contributed by atoms with Crippen molar-refractivity contribution >= 4 is 17.3 Å². The summed E-state index contributed by atoms with van der Waals surface area (Å²) in [6.45, 7) is 2.91. The first kappa shape index (κ1) is 15.9. The molecule has 2 nitrogen and oxygen atoms in total. The SMILES string of the molecule is CC(CCN)c1ccc(Cl)c(-c2ccccc2N(C)C)c1. The minimum atomic E-state index is 0.442. The van der Waals surface area contributed by atoms with Gasteiger partial charge in [-0.1, -0.05) is 42.8 Å². The van der Waals surface area contributed by atoms with Crippen molar-refractivity contribution in [3.63, 3.8) is 0 Å². The summed E-state index contributed by atoms with van der Waals surface area (Å²) >= 11 is 6.45. The Balaban J connectivity index is 2.51. The van der Waals surface area contributed by atoms with Crippen molar-refractivity contribution in [1.29, 1.82) is 0 Å². The maximum absolute atomic E-state index is 6.45. The van der Waals surface area contributed by atoms with E-state index in [2.05, 4.69) is 42.2 Å². The van der Waals surface area contributed by atoms with Crippen molar-refractivity contribution in [3.8, 4) is 11.1 Å². The summed E-state index contributed by atoms with van der Waals surface area (Å²) in [6, 6.07) is 14.6. The first-order valence-electron chi connectivity index (χ1n) is 7.30. The second kappa shape index (κ2) is 6.97. The maximum atomic E-state index is 6.45. The van der Waals surface area contributed by atoms with Gasteiger partial charge in [0.15, 0.2) is 0 Å². The number of halogens is 1. The summed E-state index contributed by atoms with van der Waals surface area (Å²) in [5.74, 6) is 0.442. The van der Waals surface area contributed by atoms with Crippen LogP contribution in [0.1, 0.15) is 24.8 Å². The molecule has 2 aromatic rings. The predicted octanol–water partition coefficient (Wildman–Crippen LogP) is 4.53. The van der Waals surface area contributed by atoms with Crippen LogP contribution in [0.3, 0.4) is 0 Å². The van der Waals surface area contributed by atoms with Crippen molar-refractivity contribution in [2.75, 3.05) is 25.5 Å². The van der Waals surface area contributed by atoms with Gasteiger partial charge in [-0.25, -0.2) is 0 Å². The number of para-hydroxylation sites is 1. The maximum Gasteiger partial charge on any atom is 0.0485 e. The molecule has 0 aliphatic carbocycles. The van der Waals surface area contributed by atoms with Gasteiger partial charge in [-0.05, 0) is 42.6 Å². The molecule has 0 spiro atoms. The van der Waals surface area contributed by atoms with Crippen LogP contribution in [0.5, 0.6) is 0 Å². The van der Waals surface area contributed by atoms with Crippen LogP contribution in [0.25, 0.3) is 11.1 Å². The fourth-order valence-corrected chi connectivity index (χ4v) is 2.78. The van der Waals surface area contributed by atoms with Gasteiger partial charge in [-0.2, -0.15) is 0 Å². The molecule has 0 saturated heterocycles. The molecule has 0 heterocycles. The van der Waals surface area contributed by atoms with Crippen LogP contribution in [0.15, 0.2) is 42.5 Å². The Bertz CT molecular complexity index is 608. The molecule has 112 valence electrons. The topological polar surface area (TPSA) is 29.3 Å². The average molecular weight is 303 g/mol. The van der Waals surface area contributed by atoms with Gasteiger partial charge in [0.1, 0.15) is 0 Å². The number of nitrogens with two attached hydrogens (primary N) is 1. The van der Waals surface area contributed by atoms with Gasteiger partial charge < -0.3 is 10.6 Å². The van der Waals surface area contributed by atoms with Crippen molar-refractivity contribution in [2.24, 2.45) is 5.73 Å². The third kappa shape index (κ3) is 3.58. The molecule has 0 aliphatic rings. The summed E-state index contributed by atoms with van der Waals surface area (Å²) in [5, 5.41) is 0.785. The van der Waals surface area contributed by atoms with Crippen LogP contribution < -0.4 is 10.6 Å². The summed E-state index contributed by atoms with van der Waals surface area (Å²) in [7, 11) is 4.10. The van der Waals surface area contributed by atoms with Crippen LogP contribution >= 0.6 is 11.6 Å². The van der Waals surface area contributed by atoms with E-state index in [1.165, 1.54) is 11.3 Å². The number of hydrogen-bond donors (Lipinski definition) is 1. The zero-order chi connectivity index (χ0) is 15.4. The third-order valence-corrected chi connectivity index (χ3v) is 4.16. The molecule has 0 aromatic heterocycles. The summed E-state index contributed by atoms with van der Waals surface area (Å²) in [5.41, 5.74) is 10.4. The lowest BCUT2D eigenvalue weighted by Gasteiger charge is -2.19. The number of hydrogen-bond acceptors (Lipinski definition) is 2. The zero-order valence-corrected chi connectivity index (χ0v) is 13.7. The van der Waals surface area contributed by atoms with Gasteiger partial charge in [-0.15, -0.1) is 0 Å².